The van der Waals surface area contributed by atoms with Crippen LogP contribution in [0.5, 0.6) is 0 Å². The Balaban J connectivity index is 1.40. The Labute approximate surface area is 180 Å². The zero-order chi connectivity index (χ0) is 21.3. The fourth-order valence-corrected chi connectivity index (χ4v) is 5.77. The van der Waals surface area contributed by atoms with Crippen LogP contribution in [0, 0.1) is 0 Å². The van der Waals surface area contributed by atoms with Crippen molar-refractivity contribution in [3.8, 4) is 0 Å². The number of piperazine rings is 1. The van der Waals surface area contributed by atoms with E-state index >= 15 is 0 Å². The topological polar surface area (TPSA) is 79.5 Å². The summed E-state index contributed by atoms with van der Waals surface area (Å²) in [4.78, 5) is 2.48. The monoisotopic (exact) mass is 434 g/mol. The molecule has 2 heterocycles. The first-order valence-electron chi connectivity index (χ1n) is 10.2. The van der Waals surface area contributed by atoms with E-state index in [2.05, 4.69) is 39.5 Å². The standard InChI is InChI=1S/C23H22N4O3S/c28-31(29,21-13-7-12-20-22(21)25-30-24-20)27-16-14-26(15-17-27)23(18-8-3-1-4-9-18)19-10-5-2-6-11-19/h1-13,23H,14-17H2. The van der Waals surface area contributed by atoms with E-state index in [0.717, 1.165) is 0 Å². The summed E-state index contributed by atoms with van der Waals surface area (Å²) in [5.74, 6) is 0. The molecule has 158 valence electrons. The van der Waals surface area contributed by atoms with E-state index in [-0.39, 0.29) is 16.5 Å². The van der Waals surface area contributed by atoms with Crippen molar-refractivity contribution in [1.82, 2.24) is 19.5 Å². The minimum Gasteiger partial charge on any atom is -0.290 e. The van der Waals surface area contributed by atoms with E-state index in [9.17, 15) is 8.42 Å². The Morgan fingerprint density at radius 1 is 0.742 bits per heavy atom. The number of hydrogen-bond donors (Lipinski definition) is 0. The molecular formula is C23H22N4O3S. The summed E-state index contributed by atoms with van der Waals surface area (Å²) in [6, 6.07) is 25.7. The van der Waals surface area contributed by atoms with Crippen LogP contribution in [0.25, 0.3) is 11.0 Å². The molecule has 8 heteroatoms. The van der Waals surface area contributed by atoms with Crippen molar-refractivity contribution in [3.05, 3.63) is 90.0 Å². The third-order valence-electron chi connectivity index (χ3n) is 5.74. The molecule has 0 radical (unpaired) electrons. The van der Waals surface area contributed by atoms with Crippen LogP contribution >= 0.6 is 0 Å². The molecule has 0 saturated carbocycles. The lowest BCUT2D eigenvalue weighted by molar-refractivity contribution is 0.156. The fraction of sp³-hybridized carbons (Fsp3) is 0.217. The van der Waals surface area contributed by atoms with Gasteiger partial charge in [0.25, 0.3) is 0 Å². The normalized spacial score (nSPS) is 16.2. The first kappa shape index (κ1) is 19.9. The summed E-state index contributed by atoms with van der Waals surface area (Å²) in [6.07, 6.45) is 0. The van der Waals surface area contributed by atoms with Crippen LogP contribution in [0.4, 0.5) is 0 Å². The van der Waals surface area contributed by atoms with Crippen molar-refractivity contribution >= 4 is 21.1 Å². The maximum atomic E-state index is 13.3. The van der Waals surface area contributed by atoms with Gasteiger partial charge in [0.05, 0.1) is 6.04 Å². The molecule has 1 aromatic heterocycles. The highest BCUT2D eigenvalue weighted by molar-refractivity contribution is 7.89. The van der Waals surface area contributed by atoms with Crippen LogP contribution in [0.15, 0.2) is 88.4 Å². The minimum absolute atomic E-state index is 0.0791. The van der Waals surface area contributed by atoms with Gasteiger partial charge < -0.3 is 0 Å². The largest absolute Gasteiger partial charge is 0.290 e. The van der Waals surface area contributed by atoms with Gasteiger partial charge in [0.2, 0.25) is 10.0 Å². The number of sulfonamides is 1. The average molecular weight is 435 g/mol. The molecular weight excluding hydrogens is 412 g/mol. The third-order valence-corrected chi connectivity index (χ3v) is 7.67. The predicted molar refractivity (Wildman–Crippen MR) is 117 cm³/mol. The summed E-state index contributed by atoms with van der Waals surface area (Å²) in [5, 5.41) is 7.56. The van der Waals surface area contributed by atoms with Crippen LogP contribution in [0.3, 0.4) is 0 Å². The van der Waals surface area contributed by atoms with Gasteiger partial charge in [-0.2, -0.15) is 4.31 Å². The van der Waals surface area contributed by atoms with Crippen molar-refractivity contribution in [2.45, 2.75) is 10.9 Å². The van der Waals surface area contributed by atoms with Gasteiger partial charge >= 0.3 is 0 Å². The van der Waals surface area contributed by atoms with E-state index in [1.807, 2.05) is 36.4 Å². The number of fused-ring (bicyclic) bond motifs is 1. The van der Waals surface area contributed by atoms with Crippen LogP contribution in [-0.2, 0) is 10.0 Å². The molecule has 0 aliphatic carbocycles. The fourth-order valence-electron chi connectivity index (χ4n) is 4.22. The molecule has 5 rings (SSSR count). The molecule has 0 N–H and O–H groups in total. The Kier molecular flexibility index (Phi) is 5.27. The van der Waals surface area contributed by atoms with Gasteiger partial charge in [0, 0.05) is 26.2 Å². The summed E-state index contributed by atoms with van der Waals surface area (Å²) in [5.41, 5.74) is 3.11. The van der Waals surface area contributed by atoms with Crippen molar-refractivity contribution in [3.63, 3.8) is 0 Å². The summed E-state index contributed by atoms with van der Waals surface area (Å²) < 4.78 is 32.9. The van der Waals surface area contributed by atoms with Gasteiger partial charge in [-0.25, -0.2) is 13.0 Å². The van der Waals surface area contributed by atoms with Crippen molar-refractivity contribution < 1.29 is 13.0 Å². The first-order chi connectivity index (χ1) is 15.1. The molecule has 31 heavy (non-hydrogen) atoms. The van der Waals surface area contributed by atoms with Crippen molar-refractivity contribution in [2.24, 2.45) is 0 Å². The maximum absolute atomic E-state index is 13.3. The van der Waals surface area contributed by atoms with E-state index < -0.39 is 10.0 Å². The maximum Gasteiger partial charge on any atom is 0.245 e. The Morgan fingerprint density at radius 3 is 1.97 bits per heavy atom. The molecule has 3 aromatic carbocycles. The van der Waals surface area contributed by atoms with Crippen LogP contribution < -0.4 is 0 Å². The highest BCUT2D eigenvalue weighted by atomic mass is 32.2. The van der Waals surface area contributed by atoms with Gasteiger partial charge in [-0.1, -0.05) is 66.7 Å². The number of aromatic nitrogens is 2. The minimum atomic E-state index is -3.69. The number of hydrogen-bond acceptors (Lipinski definition) is 6. The smallest absolute Gasteiger partial charge is 0.245 e. The second-order valence-corrected chi connectivity index (χ2v) is 9.46. The summed E-state index contributed by atoms with van der Waals surface area (Å²) in [6.45, 7) is 2.06. The van der Waals surface area contributed by atoms with E-state index in [0.29, 0.717) is 31.7 Å². The van der Waals surface area contributed by atoms with Crippen LogP contribution in [0.2, 0.25) is 0 Å². The third kappa shape index (κ3) is 3.74. The van der Waals surface area contributed by atoms with Gasteiger partial charge in [0.1, 0.15) is 10.4 Å². The van der Waals surface area contributed by atoms with Crippen molar-refractivity contribution in [2.75, 3.05) is 26.2 Å². The molecule has 1 aliphatic rings. The molecule has 0 spiro atoms. The zero-order valence-electron chi connectivity index (χ0n) is 16.8. The molecule has 4 aromatic rings. The quantitative estimate of drug-likeness (QED) is 0.479. The highest BCUT2D eigenvalue weighted by Gasteiger charge is 2.33. The number of nitrogens with zero attached hydrogens (tertiary/aromatic N) is 4. The van der Waals surface area contributed by atoms with Crippen molar-refractivity contribution in [1.29, 1.82) is 0 Å². The Hall–Kier alpha value is -3.07. The van der Waals surface area contributed by atoms with Crippen LogP contribution in [-0.4, -0.2) is 54.1 Å². The van der Waals surface area contributed by atoms with Gasteiger partial charge in [-0.15, -0.1) is 0 Å². The molecule has 1 aliphatic heterocycles. The Morgan fingerprint density at radius 2 is 1.35 bits per heavy atom. The van der Waals surface area contributed by atoms with E-state index in [4.69, 9.17) is 4.63 Å². The van der Waals surface area contributed by atoms with Gasteiger partial charge in [-0.05, 0) is 33.6 Å². The first-order valence-corrected chi connectivity index (χ1v) is 11.6. The predicted octanol–water partition coefficient (Wildman–Crippen LogP) is 3.32. The highest BCUT2D eigenvalue weighted by Crippen LogP contribution is 2.31. The lowest BCUT2D eigenvalue weighted by Gasteiger charge is -2.39. The molecule has 0 unspecified atom stereocenters. The molecule has 1 fully saturated rings. The number of benzene rings is 3. The lowest BCUT2D eigenvalue weighted by Crippen LogP contribution is -2.49. The van der Waals surface area contributed by atoms with Gasteiger partial charge in [0.15, 0.2) is 5.52 Å². The zero-order valence-corrected chi connectivity index (χ0v) is 17.6. The Bertz CT molecular complexity index is 1230. The van der Waals surface area contributed by atoms with E-state index in [1.165, 1.54) is 15.4 Å². The second kappa shape index (κ2) is 8.22. The average Bonchev–Trinajstić information content (AvgIpc) is 3.30. The summed E-state index contributed by atoms with van der Waals surface area (Å²) in [7, 11) is -3.69. The molecule has 1 saturated heterocycles. The van der Waals surface area contributed by atoms with Crippen LogP contribution in [0.1, 0.15) is 17.2 Å². The number of rotatable bonds is 5. The van der Waals surface area contributed by atoms with Gasteiger partial charge in [-0.3, -0.25) is 4.90 Å². The molecule has 0 atom stereocenters. The molecule has 0 amide bonds. The second-order valence-electron chi connectivity index (χ2n) is 7.55. The molecule has 0 bridgehead atoms. The SMILES string of the molecule is O=S(=O)(c1cccc2nonc12)N1CCN(C(c2ccccc2)c2ccccc2)CC1. The summed E-state index contributed by atoms with van der Waals surface area (Å²) >= 11 is 0. The lowest BCUT2D eigenvalue weighted by atomic mass is 9.96. The molecule has 7 nitrogen and oxygen atoms in total. The van der Waals surface area contributed by atoms with E-state index in [1.54, 1.807) is 18.2 Å².